The Bertz CT molecular complexity index is 410. The van der Waals surface area contributed by atoms with Crippen molar-refractivity contribution >= 4 is 33.7 Å². The molecule has 1 N–H and O–H groups in total. The number of hydrogen-bond acceptors (Lipinski definition) is 3. The number of furan rings is 1. The molecule has 12 heavy (non-hydrogen) atoms. The molecule has 4 heteroatoms. The third kappa shape index (κ3) is 1.21. The molecular formula is C8H6INO2. The van der Waals surface area contributed by atoms with Gasteiger partial charge in [-0.05, 0) is 34.2 Å². The molecule has 0 bridgehead atoms. The van der Waals surface area contributed by atoms with Crippen molar-refractivity contribution in [3.63, 3.8) is 0 Å². The topological polar surface area (TPSA) is 46.3 Å². The van der Waals surface area contributed by atoms with Gasteiger partial charge in [-0.15, -0.1) is 0 Å². The summed E-state index contributed by atoms with van der Waals surface area (Å²) in [6, 6.07) is 1.88. The van der Waals surface area contributed by atoms with E-state index in [2.05, 4.69) is 27.6 Å². The van der Waals surface area contributed by atoms with Gasteiger partial charge in [0.1, 0.15) is 6.26 Å². The Morgan fingerprint density at radius 2 is 2.42 bits per heavy atom. The maximum absolute atomic E-state index is 8.85. The molecule has 0 amide bonds. The fourth-order valence-corrected chi connectivity index (χ4v) is 1.53. The van der Waals surface area contributed by atoms with Crippen molar-refractivity contribution in [2.75, 3.05) is 0 Å². The first-order valence-corrected chi connectivity index (χ1v) is 4.51. The molecule has 0 fully saturated rings. The Morgan fingerprint density at radius 3 is 3.17 bits per heavy atom. The van der Waals surface area contributed by atoms with E-state index in [1.54, 1.807) is 12.5 Å². The van der Waals surface area contributed by atoms with Crippen molar-refractivity contribution in [1.29, 1.82) is 0 Å². The smallest absolute Gasteiger partial charge is 0.226 e. The summed E-state index contributed by atoms with van der Waals surface area (Å²) in [4.78, 5) is 4.04. The van der Waals surface area contributed by atoms with Crippen molar-refractivity contribution in [3.8, 4) is 0 Å². The van der Waals surface area contributed by atoms with Crippen LogP contribution in [-0.2, 0) is 6.61 Å². The standard InChI is InChI=1S/C8H6INO2/c9-7-4-12-8-6(7)1-5(3-11)2-10-8/h1-2,4,11H,3H2. The summed E-state index contributed by atoms with van der Waals surface area (Å²) in [6.45, 7) is 0.0181. The summed E-state index contributed by atoms with van der Waals surface area (Å²) in [5, 5.41) is 9.81. The van der Waals surface area contributed by atoms with Gasteiger partial charge in [-0.1, -0.05) is 0 Å². The zero-order chi connectivity index (χ0) is 8.55. The second-order valence-corrected chi connectivity index (χ2v) is 3.60. The molecule has 0 aromatic carbocycles. The summed E-state index contributed by atoms with van der Waals surface area (Å²) in [7, 11) is 0. The maximum atomic E-state index is 8.85. The van der Waals surface area contributed by atoms with Crippen LogP contribution in [0, 0.1) is 3.57 Å². The molecule has 2 heterocycles. The summed E-state index contributed by atoms with van der Waals surface area (Å²) in [5.74, 6) is 0. The quantitative estimate of drug-likeness (QED) is 0.809. The van der Waals surface area contributed by atoms with Crippen molar-refractivity contribution < 1.29 is 9.52 Å². The number of fused-ring (bicyclic) bond motifs is 1. The second-order valence-electron chi connectivity index (χ2n) is 2.44. The van der Waals surface area contributed by atoms with E-state index in [9.17, 15) is 0 Å². The molecule has 2 rings (SSSR count). The Balaban J connectivity index is 2.71. The Labute approximate surface area is 82.5 Å². The van der Waals surface area contributed by atoms with Gasteiger partial charge in [0.15, 0.2) is 0 Å². The van der Waals surface area contributed by atoms with E-state index in [0.717, 1.165) is 14.5 Å². The lowest BCUT2D eigenvalue weighted by Gasteiger charge is -1.93. The number of pyridine rings is 1. The summed E-state index contributed by atoms with van der Waals surface area (Å²) < 4.78 is 6.17. The van der Waals surface area contributed by atoms with Crippen LogP contribution >= 0.6 is 22.6 Å². The molecule has 0 aliphatic rings. The zero-order valence-electron chi connectivity index (χ0n) is 6.12. The van der Waals surface area contributed by atoms with Gasteiger partial charge in [-0.2, -0.15) is 0 Å². The highest BCUT2D eigenvalue weighted by Crippen LogP contribution is 2.21. The van der Waals surface area contributed by atoms with Gasteiger partial charge in [-0.25, -0.2) is 4.98 Å². The number of nitrogens with zero attached hydrogens (tertiary/aromatic N) is 1. The van der Waals surface area contributed by atoms with Gasteiger partial charge < -0.3 is 9.52 Å². The Kier molecular flexibility index (Phi) is 2.02. The van der Waals surface area contributed by atoms with Gasteiger partial charge in [-0.3, -0.25) is 0 Å². The van der Waals surface area contributed by atoms with Crippen molar-refractivity contribution in [2.24, 2.45) is 0 Å². The molecule has 0 spiro atoms. The van der Waals surface area contributed by atoms with Crippen LogP contribution in [0.4, 0.5) is 0 Å². The van der Waals surface area contributed by atoms with Crippen LogP contribution in [0.2, 0.25) is 0 Å². The first-order chi connectivity index (χ1) is 5.81. The lowest BCUT2D eigenvalue weighted by molar-refractivity contribution is 0.281. The van der Waals surface area contributed by atoms with Gasteiger partial charge >= 0.3 is 0 Å². The molecule has 0 saturated heterocycles. The minimum Gasteiger partial charge on any atom is -0.445 e. The fourth-order valence-electron chi connectivity index (χ4n) is 1.02. The average Bonchev–Trinajstić information content (AvgIpc) is 2.47. The number of aliphatic hydroxyl groups is 1. The van der Waals surface area contributed by atoms with E-state index in [-0.39, 0.29) is 6.61 Å². The van der Waals surface area contributed by atoms with E-state index in [1.807, 2.05) is 6.07 Å². The molecule has 2 aromatic rings. The minimum absolute atomic E-state index is 0.0181. The van der Waals surface area contributed by atoms with Crippen LogP contribution < -0.4 is 0 Å². The van der Waals surface area contributed by atoms with E-state index < -0.39 is 0 Å². The van der Waals surface area contributed by atoms with E-state index in [4.69, 9.17) is 9.52 Å². The number of aliphatic hydroxyl groups excluding tert-OH is 1. The molecule has 0 aliphatic heterocycles. The molecule has 3 nitrogen and oxygen atoms in total. The van der Waals surface area contributed by atoms with Crippen LogP contribution in [0.1, 0.15) is 5.56 Å². The first kappa shape index (κ1) is 8.00. The summed E-state index contributed by atoms with van der Waals surface area (Å²) >= 11 is 2.17. The highest BCUT2D eigenvalue weighted by molar-refractivity contribution is 14.1. The lowest BCUT2D eigenvalue weighted by Crippen LogP contribution is -1.84. The predicted molar refractivity (Wildman–Crippen MR) is 52.6 cm³/mol. The molecule has 2 aromatic heterocycles. The molecule has 0 saturated carbocycles. The Morgan fingerprint density at radius 1 is 1.58 bits per heavy atom. The molecule has 0 radical (unpaired) electrons. The third-order valence-corrected chi connectivity index (χ3v) is 2.46. The largest absolute Gasteiger partial charge is 0.445 e. The lowest BCUT2D eigenvalue weighted by atomic mass is 10.2. The molecule has 0 unspecified atom stereocenters. The van der Waals surface area contributed by atoms with Gasteiger partial charge in [0, 0.05) is 6.20 Å². The molecule has 0 aliphatic carbocycles. The van der Waals surface area contributed by atoms with Gasteiger partial charge in [0.25, 0.3) is 0 Å². The van der Waals surface area contributed by atoms with Crippen LogP contribution in [0.25, 0.3) is 11.1 Å². The van der Waals surface area contributed by atoms with E-state index in [0.29, 0.717) is 5.71 Å². The fraction of sp³-hybridized carbons (Fsp3) is 0.125. The predicted octanol–water partition coefficient (Wildman–Crippen LogP) is 1.92. The zero-order valence-corrected chi connectivity index (χ0v) is 8.28. The average molecular weight is 275 g/mol. The number of halogens is 1. The summed E-state index contributed by atoms with van der Waals surface area (Å²) in [5.41, 5.74) is 1.43. The second kappa shape index (κ2) is 3.02. The van der Waals surface area contributed by atoms with Crippen LogP contribution in [0.3, 0.4) is 0 Å². The molecular weight excluding hydrogens is 269 g/mol. The number of aromatic nitrogens is 1. The number of hydrogen-bond donors (Lipinski definition) is 1. The van der Waals surface area contributed by atoms with Crippen LogP contribution in [0.15, 0.2) is 22.9 Å². The van der Waals surface area contributed by atoms with Crippen molar-refractivity contribution in [2.45, 2.75) is 6.61 Å². The number of rotatable bonds is 1. The first-order valence-electron chi connectivity index (χ1n) is 3.44. The molecule has 0 atom stereocenters. The highest BCUT2D eigenvalue weighted by Gasteiger charge is 2.04. The maximum Gasteiger partial charge on any atom is 0.226 e. The Hall–Kier alpha value is -0.620. The highest BCUT2D eigenvalue weighted by atomic mass is 127. The van der Waals surface area contributed by atoms with Gasteiger partial charge in [0.2, 0.25) is 5.71 Å². The summed E-state index contributed by atoms with van der Waals surface area (Å²) in [6.07, 6.45) is 3.27. The normalized spacial score (nSPS) is 10.8. The monoisotopic (exact) mass is 275 g/mol. The molecule has 62 valence electrons. The SMILES string of the molecule is OCc1cnc2occ(I)c2c1. The van der Waals surface area contributed by atoms with Crippen LogP contribution in [0.5, 0.6) is 0 Å². The van der Waals surface area contributed by atoms with Crippen LogP contribution in [-0.4, -0.2) is 10.1 Å². The third-order valence-electron chi connectivity index (χ3n) is 1.62. The van der Waals surface area contributed by atoms with Crippen molar-refractivity contribution in [3.05, 3.63) is 27.7 Å². The van der Waals surface area contributed by atoms with Gasteiger partial charge in [0.05, 0.1) is 15.6 Å². The van der Waals surface area contributed by atoms with E-state index in [1.165, 1.54) is 0 Å². The van der Waals surface area contributed by atoms with E-state index >= 15 is 0 Å². The minimum atomic E-state index is 0.0181. The van der Waals surface area contributed by atoms with Crippen molar-refractivity contribution in [1.82, 2.24) is 4.98 Å².